The Kier molecular flexibility index (Phi) is 5.73. The fourth-order valence-corrected chi connectivity index (χ4v) is 4.45. The number of fused-ring (bicyclic) bond motifs is 1. The van der Waals surface area contributed by atoms with Gasteiger partial charge >= 0.3 is 0 Å². The quantitative estimate of drug-likeness (QED) is 0.568. The molecule has 2 heterocycles. The highest BCUT2D eigenvalue weighted by molar-refractivity contribution is 8.00. The first-order valence-corrected chi connectivity index (χ1v) is 10.6. The van der Waals surface area contributed by atoms with Gasteiger partial charge in [-0.1, -0.05) is 23.2 Å². The van der Waals surface area contributed by atoms with E-state index in [2.05, 4.69) is 21.7 Å². The van der Waals surface area contributed by atoms with Crippen LogP contribution in [-0.4, -0.2) is 53.9 Å². The summed E-state index contributed by atoms with van der Waals surface area (Å²) in [6.45, 7) is 3.39. The Hall–Kier alpha value is -1.86. The van der Waals surface area contributed by atoms with Gasteiger partial charge in [-0.2, -0.15) is 0 Å². The van der Waals surface area contributed by atoms with E-state index >= 15 is 0 Å². The van der Waals surface area contributed by atoms with Crippen molar-refractivity contribution in [3.05, 3.63) is 58.2 Å². The van der Waals surface area contributed by atoms with E-state index < -0.39 is 0 Å². The standard InChI is InChI=1S/C20H20Cl2N4OS/c1-25-8-10-26(11-9-25)20(27)13-2-4-14(5-3-13)28-24-17-7-6-15(21)18-16(22)12-23-19(17)18/h2-7,12,23-24H,8-11H2,1H3. The number of hydrogen-bond acceptors (Lipinski definition) is 4. The molecule has 0 aliphatic carbocycles. The van der Waals surface area contributed by atoms with Crippen molar-refractivity contribution in [3.63, 3.8) is 0 Å². The molecule has 1 fully saturated rings. The second-order valence-electron chi connectivity index (χ2n) is 6.81. The van der Waals surface area contributed by atoms with Crippen molar-refractivity contribution in [1.29, 1.82) is 0 Å². The SMILES string of the molecule is CN1CCN(C(=O)c2ccc(SNc3ccc(Cl)c4c(Cl)c[nH]c34)cc2)CC1. The van der Waals surface area contributed by atoms with E-state index in [1.165, 1.54) is 11.9 Å². The minimum absolute atomic E-state index is 0.0954. The number of anilines is 1. The normalized spacial score (nSPS) is 15.2. The molecule has 8 heteroatoms. The number of aromatic amines is 1. The molecular formula is C20H20Cl2N4OS. The van der Waals surface area contributed by atoms with Gasteiger partial charge in [0.15, 0.2) is 0 Å². The number of halogens is 2. The Labute approximate surface area is 178 Å². The summed E-state index contributed by atoms with van der Waals surface area (Å²) < 4.78 is 3.33. The van der Waals surface area contributed by atoms with Crippen LogP contribution in [0.15, 0.2) is 47.5 Å². The lowest BCUT2D eigenvalue weighted by atomic mass is 10.2. The number of nitrogens with zero attached hydrogens (tertiary/aromatic N) is 2. The fraction of sp³-hybridized carbons (Fsp3) is 0.250. The molecule has 0 bridgehead atoms. The Morgan fingerprint density at radius 3 is 2.46 bits per heavy atom. The van der Waals surface area contributed by atoms with Crippen molar-refractivity contribution in [3.8, 4) is 0 Å². The van der Waals surface area contributed by atoms with Gasteiger partial charge in [0.25, 0.3) is 5.91 Å². The van der Waals surface area contributed by atoms with Gasteiger partial charge in [0.2, 0.25) is 0 Å². The number of H-pyrrole nitrogens is 1. The Balaban J connectivity index is 1.43. The molecule has 1 aliphatic rings. The lowest BCUT2D eigenvalue weighted by Crippen LogP contribution is -2.47. The van der Waals surface area contributed by atoms with Gasteiger partial charge in [-0.25, -0.2) is 0 Å². The molecule has 0 atom stereocenters. The summed E-state index contributed by atoms with van der Waals surface area (Å²) in [7, 11) is 2.08. The van der Waals surface area contributed by atoms with Crippen LogP contribution < -0.4 is 4.72 Å². The zero-order chi connectivity index (χ0) is 19.7. The second kappa shape index (κ2) is 8.25. The first-order valence-electron chi connectivity index (χ1n) is 8.99. The fourth-order valence-electron chi connectivity index (χ4n) is 3.22. The Morgan fingerprint density at radius 1 is 1.04 bits per heavy atom. The van der Waals surface area contributed by atoms with E-state index in [-0.39, 0.29) is 5.91 Å². The molecule has 1 aromatic heterocycles. The molecule has 2 aromatic carbocycles. The van der Waals surface area contributed by atoms with E-state index in [1.54, 1.807) is 6.20 Å². The van der Waals surface area contributed by atoms with E-state index in [9.17, 15) is 4.79 Å². The number of piperazine rings is 1. The van der Waals surface area contributed by atoms with Crippen LogP contribution >= 0.6 is 35.1 Å². The van der Waals surface area contributed by atoms with Crippen LogP contribution in [-0.2, 0) is 0 Å². The number of amides is 1. The largest absolute Gasteiger partial charge is 0.358 e. The summed E-state index contributed by atoms with van der Waals surface area (Å²) in [6.07, 6.45) is 1.73. The molecule has 0 unspecified atom stereocenters. The average Bonchev–Trinajstić information content (AvgIpc) is 3.11. The summed E-state index contributed by atoms with van der Waals surface area (Å²) in [4.78, 5) is 20.9. The molecule has 3 aromatic rings. The number of nitrogens with one attached hydrogen (secondary N) is 2. The highest BCUT2D eigenvalue weighted by Gasteiger charge is 2.20. The predicted molar refractivity (Wildman–Crippen MR) is 118 cm³/mol. The third-order valence-electron chi connectivity index (χ3n) is 4.91. The molecule has 1 saturated heterocycles. The van der Waals surface area contributed by atoms with Gasteiger partial charge < -0.3 is 19.5 Å². The highest BCUT2D eigenvalue weighted by atomic mass is 35.5. The molecule has 1 aliphatic heterocycles. The maximum absolute atomic E-state index is 12.6. The van der Waals surface area contributed by atoms with Crippen LogP contribution in [0, 0.1) is 0 Å². The van der Waals surface area contributed by atoms with Crippen LogP contribution in [0.5, 0.6) is 0 Å². The minimum atomic E-state index is 0.0954. The zero-order valence-electron chi connectivity index (χ0n) is 15.3. The first kappa shape index (κ1) is 19.5. The molecule has 2 N–H and O–H groups in total. The van der Waals surface area contributed by atoms with Crippen molar-refractivity contribution >= 4 is 57.6 Å². The van der Waals surface area contributed by atoms with Crippen molar-refractivity contribution in [2.75, 3.05) is 37.9 Å². The Bertz CT molecular complexity index is 997. The van der Waals surface area contributed by atoms with Gasteiger partial charge in [-0.15, -0.1) is 0 Å². The van der Waals surface area contributed by atoms with Crippen molar-refractivity contribution in [2.45, 2.75) is 4.90 Å². The molecule has 0 saturated carbocycles. The van der Waals surface area contributed by atoms with Crippen molar-refractivity contribution in [1.82, 2.24) is 14.8 Å². The van der Waals surface area contributed by atoms with E-state index in [0.717, 1.165) is 53.2 Å². The van der Waals surface area contributed by atoms with Crippen LogP contribution in [0.4, 0.5) is 5.69 Å². The van der Waals surface area contributed by atoms with Gasteiger partial charge in [-0.3, -0.25) is 4.79 Å². The lowest BCUT2D eigenvalue weighted by molar-refractivity contribution is 0.0664. The maximum Gasteiger partial charge on any atom is 0.253 e. The van der Waals surface area contributed by atoms with E-state index in [4.69, 9.17) is 23.2 Å². The number of hydrogen-bond donors (Lipinski definition) is 2. The lowest BCUT2D eigenvalue weighted by Gasteiger charge is -2.32. The van der Waals surface area contributed by atoms with Crippen LogP contribution in [0.3, 0.4) is 0 Å². The number of benzene rings is 2. The Morgan fingerprint density at radius 2 is 1.75 bits per heavy atom. The van der Waals surface area contributed by atoms with Crippen molar-refractivity contribution in [2.24, 2.45) is 0 Å². The second-order valence-corrected chi connectivity index (χ2v) is 8.50. The van der Waals surface area contributed by atoms with Gasteiger partial charge in [-0.05, 0) is 55.4 Å². The van der Waals surface area contributed by atoms with Gasteiger partial charge in [0.1, 0.15) is 0 Å². The first-order chi connectivity index (χ1) is 13.5. The summed E-state index contributed by atoms with van der Waals surface area (Å²) >= 11 is 13.9. The summed E-state index contributed by atoms with van der Waals surface area (Å²) in [5.41, 5.74) is 2.49. The minimum Gasteiger partial charge on any atom is -0.358 e. The predicted octanol–water partition coefficient (Wildman–Crippen LogP) is 4.98. The molecule has 4 rings (SSSR count). The van der Waals surface area contributed by atoms with Crippen molar-refractivity contribution < 1.29 is 4.79 Å². The summed E-state index contributed by atoms with van der Waals surface area (Å²) in [5.74, 6) is 0.0954. The average molecular weight is 435 g/mol. The van der Waals surface area contributed by atoms with Crippen LogP contribution in [0.1, 0.15) is 10.4 Å². The number of carbonyl (C=O) groups is 1. The maximum atomic E-state index is 12.6. The monoisotopic (exact) mass is 434 g/mol. The zero-order valence-corrected chi connectivity index (χ0v) is 17.7. The third-order valence-corrected chi connectivity index (χ3v) is 6.35. The molecule has 146 valence electrons. The molecular weight excluding hydrogens is 415 g/mol. The summed E-state index contributed by atoms with van der Waals surface area (Å²) in [6, 6.07) is 11.4. The van der Waals surface area contributed by atoms with Gasteiger partial charge in [0, 0.05) is 48.2 Å². The molecule has 28 heavy (non-hydrogen) atoms. The smallest absolute Gasteiger partial charge is 0.253 e. The highest BCUT2D eigenvalue weighted by Crippen LogP contribution is 2.36. The van der Waals surface area contributed by atoms with Gasteiger partial charge in [0.05, 0.1) is 21.2 Å². The number of aromatic nitrogens is 1. The summed E-state index contributed by atoms with van der Waals surface area (Å²) in [5, 5.41) is 2.02. The molecule has 0 spiro atoms. The third kappa shape index (κ3) is 3.96. The molecule has 0 radical (unpaired) electrons. The number of rotatable bonds is 4. The van der Waals surface area contributed by atoms with E-state index in [1.807, 2.05) is 41.3 Å². The van der Waals surface area contributed by atoms with Crippen LogP contribution in [0.2, 0.25) is 10.0 Å². The van der Waals surface area contributed by atoms with E-state index in [0.29, 0.717) is 10.0 Å². The number of carbonyl (C=O) groups excluding carboxylic acids is 1. The molecule has 1 amide bonds. The van der Waals surface area contributed by atoms with Crippen LogP contribution in [0.25, 0.3) is 10.9 Å². The molecule has 5 nitrogen and oxygen atoms in total. The topological polar surface area (TPSA) is 51.4 Å². The number of likely N-dealkylation sites (N-methyl/N-ethyl adjacent to an activating group) is 1.